The largest absolute Gasteiger partial charge is 0.445 e. The van der Waals surface area contributed by atoms with Gasteiger partial charge < -0.3 is 9.64 Å². The van der Waals surface area contributed by atoms with Crippen molar-refractivity contribution in [3.05, 3.63) is 102 Å². The van der Waals surface area contributed by atoms with Gasteiger partial charge in [0, 0.05) is 11.9 Å². The molecule has 0 fully saturated rings. The molecule has 5 rings (SSSR count). The summed E-state index contributed by atoms with van der Waals surface area (Å²) in [5.41, 5.74) is 3.10. The van der Waals surface area contributed by atoms with Crippen LogP contribution in [0.25, 0.3) is 10.9 Å². The van der Waals surface area contributed by atoms with Crippen molar-refractivity contribution in [2.45, 2.75) is 24.5 Å². The number of nitrogens with zero attached hydrogens (tertiary/aromatic N) is 2. The minimum Gasteiger partial charge on any atom is -0.445 e. The van der Waals surface area contributed by atoms with Gasteiger partial charge in [-0.1, -0.05) is 66.7 Å². The van der Waals surface area contributed by atoms with Crippen LogP contribution in [0.15, 0.2) is 89.8 Å². The monoisotopic (exact) mass is 446 g/mol. The number of rotatable bonds is 4. The Hall–Kier alpha value is -3.58. The van der Waals surface area contributed by atoms with Gasteiger partial charge in [0.05, 0.1) is 22.7 Å². The van der Waals surface area contributed by atoms with Gasteiger partial charge >= 0.3 is 6.09 Å². The molecule has 0 saturated carbocycles. The van der Waals surface area contributed by atoms with Gasteiger partial charge in [0.1, 0.15) is 6.61 Å². The van der Waals surface area contributed by atoms with Crippen LogP contribution in [0.3, 0.4) is 0 Å². The van der Waals surface area contributed by atoms with Crippen molar-refractivity contribution < 1.29 is 17.9 Å². The second-order valence-electron chi connectivity index (χ2n) is 7.74. The Balaban J connectivity index is 1.51. The quantitative estimate of drug-likeness (QED) is 0.460. The lowest BCUT2D eigenvalue weighted by Crippen LogP contribution is -2.37. The van der Waals surface area contributed by atoms with E-state index in [1.54, 1.807) is 35.2 Å². The molecule has 0 bridgehead atoms. The molecule has 7 heteroatoms. The van der Waals surface area contributed by atoms with E-state index in [1.807, 2.05) is 54.6 Å². The number of fused-ring (bicyclic) bond motifs is 3. The van der Waals surface area contributed by atoms with E-state index in [9.17, 15) is 13.2 Å². The van der Waals surface area contributed by atoms with Crippen molar-refractivity contribution in [2.24, 2.45) is 0 Å². The first-order valence-electron chi connectivity index (χ1n) is 10.4. The highest BCUT2D eigenvalue weighted by atomic mass is 32.2. The standard InChI is InChI=1S/C25H22N2O4S/c28-25(31-18-19-9-3-1-4-10-19)26-16-15-22-21-13-7-8-14-23(21)27(24(22)17-26)32(29,30)20-11-5-2-6-12-20/h1-14H,15-18H2. The highest BCUT2D eigenvalue weighted by Gasteiger charge is 2.32. The van der Waals surface area contributed by atoms with Crippen molar-refractivity contribution in [3.8, 4) is 0 Å². The normalized spacial score (nSPS) is 13.7. The summed E-state index contributed by atoms with van der Waals surface area (Å²) in [6.07, 6.45) is 0.113. The summed E-state index contributed by atoms with van der Waals surface area (Å²) in [5, 5.41) is 0.902. The zero-order chi connectivity index (χ0) is 22.1. The van der Waals surface area contributed by atoms with Crippen molar-refractivity contribution in [3.63, 3.8) is 0 Å². The van der Waals surface area contributed by atoms with Crippen LogP contribution in [0.1, 0.15) is 16.8 Å². The number of hydrogen-bond donors (Lipinski definition) is 0. The van der Waals surface area contributed by atoms with E-state index in [1.165, 1.54) is 3.97 Å². The van der Waals surface area contributed by atoms with E-state index in [2.05, 4.69) is 0 Å². The van der Waals surface area contributed by atoms with Crippen LogP contribution in [0.2, 0.25) is 0 Å². The van der Waals surface area contributed by atoms with Crippen LogP contribution in [-0.4, -0.2) is 29.9 Å². The molecule has 1 aliphatic heterocycles. The Kier molecular flexibility index (Phi) is 5.19. The Morgan fingerprint density at radius 3 is 2.28 bits per heavy atom. The molecule has 0 unspecified atom stereocenters. The number of carbonyl (C=O) groups excluding carboxylic acids is 1. The zero-order valence-corrected chi connectivity index (χ0v) is 18.2. The number of amides is 1. The number of aromatic nitrogens is 1. The van der Waals surface area contributed by atoms with E-state index in [-0.39, 0.29) is 18.0 Å². The molecule has 0 N–H and O–H groups in total. The lowest BCUT2D eigenvalue weighted by molar-refractivity contribution is 0.0913. The van der Waals surface area contributed by atoms with E-state index in [4.69, 9.17) is 4.74 Å². The van der Waals surface area contributed by atoms with Gasteiger partial charge in [-0.05, 0) is 35.7 Å². The maximum atomic E-state index is 13.6. The summed E-state index contributed by atoms with van der Waals surface area (Å²) in [6.45, 7) is 0.818. The summed E-state index contributed by atoms with van der Waals surface area (Å²) in [7, 11) is -3.83. The molecule has 32 heavy (non-hydrogen) atoms. The number of benzene rings is 3. The number of carbonyl (C=O) groups is 1. The highest BCUT2D eigenvalue weighted by molar-refractivity contribution is 7.90. The van der Waals surface area contributed by atoms with Crippen molar-refractivity contribution in [2.75, 3.05) is 6.54 Å². The van der Waals surface area contributed by atoms with Gasteiger partial charge in [0.25, 0.3) is 10.0 Å². The first-order valence-corrected chi connectivity index (χ1v) is 11.9. The van der Waals surface area contributed by atoms with E-state index >= 15 is 0 Å². The lowest BCUT2D eigenvalue weighted by atomic mass is 10.0. The van der Waals surface area contributed by atoms with Gasteiger partial charge in [0.2, 0.25) is 0 Å². The fourth-order valence-electron chi connectivity index (χ4n) is 4.21. The summed E-state index contributed by atoms with van der Waals surface area (Å²) in [5.74, 6) is 0. The van der Waals surface area contributed by atoms with Gasteiger partial charge in [-0.2, -0.15) is 0 Å². The average Bonchev–Trinajstić information content (AvgIpc) is 3.18. The SMILES string of the molecule is O=C(OCc1ccccc1)N1CCc2c(n(S(=O)(=O)c3ccccc3)c3ccccc23)C1. The molecule has 0 spiro atoms. The summed E-state index contributed by atoms with van der Waals surface area (Å²) in [4.78, 5) is 14.6. The Morgan fingerprint density at radius 1 is 0.875 bits per heavy atom. The van der Waals surface area contributed by atoms with Crippen LogP contribution >= 0.6 is 0 Å². The van der Waals surface area contributed by atoms with Crippen LogP contribution in [-0.2, 0) is 34.3 Å². The maximum absolute atomic E-state index is 13.6. The Morgan fingerprint density at radius 2 is 1.53 bits per heavy atom. The molecule has 1 aromatic heterocycles. The smallest absolute Gasteiger partial charge is 0.410 e. The molecule has 0 aliphatic carbocycles. The van der Waals surface area contributed by atoms with Gasteiger partial charge in [-0.25, -0.2) is 17.2 Å². The molecule has 0 radical (unpaired) electrons. The second kappa shape index (κ2) is 8.16. The first kappa shape index (κ1) is 20.3. The fraction of sp³-hybridized carbons (Fsp3) is 0.160. The minimum atomic E-state index is -3.83. The van der Waals surface area contributed by atoms with Crippen molar-refractivity contribution in [1.82, 2.24) is 8.87 Å². The molecule has 1 aliphatic rings. The molecule has 0 saturated heterocycles. The maximum Gasteiger partial charge on any atom is 0.410 e. The summed E-state index contributed by atoms with van der Waals surface area (Å²) < 4.78 is 34.1. The summed E-state index contributed by atoms with van der Waals surface area (Å²) in [6, 6.07) is 25.3. The topological polar surface area (TPSA) is 68.6 Å². The van der Waals surface area contributed by atoms with Crippen LogP contribution in [0, 0.1) is 0 Å². The number of ether oxygens (including phenoxy) is 1. The molecule has 1 amide bonds. The zero-order valence-electron chi connectivity index (χ0n) is 17.3. The van der Waals surface area contributed by atoms with Crippen molar-refractivity contribution in [1.29, 1.82) is 0 Å². The first-order chi connectivity index (χ1) is 15.6. The molecule has 6 nitrogen and oxygen atoms in total. The molecule has 4 aromatic rings. The summed E-state index contributed by atoms with van der Waals surface area (Å²) >= 11 is 0. The fourth-order valence-corrected chi connectivity index (χ4v) is 5.80. The number of para-hydroxylation sites is 1. The van der Waals surface area contributed by atoms with Crippen LogP contribution < -0.4 is 0 Å². The highest BCUT2D eigenvalue weighted by Crippen LogP contribution is 2.34. The molecule has 3 aromatic carbocycles. The van der Waals surface area contributed by atoms with E-state index in [0.29, 0.717) is 24.2 Å². The van der Waals surface area contributed by atoms with Crippen LogP contribution in [0.5, 0.6) is 0 Å². The third kappa shape index (κ3) is 3.54. The predicted octanol–water partition coefficient (Wildman–Crippen LogP) is 4.57. The van der Waals surface area contributed by atoms with Crippen molar-refractivity contribution >= 4 is 27.0 Å². The van der Waals surface area contributed by atoms with Gasteiger partial charge in [0.15, 0.2) is 0 Å². The van der Waals surface area contributed by atoms with Gasteiger partial charge in [-0.15, -0.1) is 0 Å². The van der Waals surface area contributed by atoms with E-state index < -0.39 is 16.1 Å². The molecule has 0 atom stereocenters. The second-order valence-corrected chi connectivity index (χ2v) is 9.52. The third-order valence-corrected chi connectivity index (χ3v) is 7.52. The number of hydrogen-bond acceptors (Lipinski definition) is 4. The lowest BCUT2D eigenvalue weighted by Gasteiger charge is -2.27. The third-order valence-electron chi connectivity index (χ3n) is 5.76. The Bertz CT molecular complexity index is 1380. The predicted molar refractivity (Wildman–Crippen MR) is 122 cm³/mol. The molecule has 162 valence electrons. The minimum absolute atomic E-state index is 0.170. The molecular formula is C25H22N2O4S. The molecular weight excluding hydrogens is 424 g/mol. The molecule has 2 heterocycles. The average molecular weight is 447 g/mol. The van der Waals surface area contributed by atoms with Crippen LogP contribution in [0.4, 0.5) is 4.79 Å². The van der Waals surface area contributed by atoms with Gasteiger partial charge in [-0.3, -0.25) is 0 Å². The van der Waals surface area contributed by atoms with E-state index in [0.717, 1.165) is 16.5 Å². The Labute approximate surface area is 186 Å².